The largest absolute Gasteiger partial charge is 0.497 e. The SMILES string of the molecule is COc1ccc([C@@]2(Cc3ccccc3)CC=CO2)cc1. The van der Waals surface area contributed by atoms with Crippen molar-refractivity contribution in [1.82, 2.24) is 0 Å². The maximum Gasteiger partial charge on any atom is 0.141 e. The molecular formula is C18H18O2. The van der Waals surface area contributed by atoms with Crippen LogP contribution in [0.1, 0.15) is 17.5 Å². The van der Waals surface area contributed by atoms with Crippen molar-refractivity contribution in [3.05, 3.63) is 78.1 Å². The van der Waals surface area contributed by atoms with Crippen LogP contribution in [0.15, 0.2) is 66.9 Å². The van der Waals surface area contributed by atoms with Crippen LogP contribution < -0.4 is 4.74 Å². The molecule has 2 aromatic rings. The molecule has 1 aliphatic heterocycles. The van der Waals surface area contributed by atoms with Crippen molar-refractivity contribution in [1.29, 1.82) is 0 Å². The van der Waals surface area contributed by atoms with Crippen LogP contribution in [0.3, 0.4) is 0 Å². The van der Waals surface area contributed by atoms with Gasteiger partial charge in [0.05, 0.1) is 13.4 Å². The van der Waals surface area contributed by atoms with E-state index in [1.807, 2.05) is 24.5 Å². The fourth-order valence-corrected chi connectivity index (χ4v) is 2.69. The van der Waals surface area contributed by atoms with Gasteiger partial charge in [0, 0.05) is 12.8 Å². The Labute approximate surface area is 119 Å². The summed E-state index contributed by atoms with van der Waals surface area (Å²) in [6.45, 7) is 0. The summed E-state index contributed by atoms with van der Waals surface area (Å²) < 4.78 is 11.2. The van der Waals surface area contributed by atoms with Gasteiger partial charge in [0.25, 0.3) is 0 Å². The monoisotopic (exact) mass is 266 g/mol. The number of methoxy groups -OCH3 is 1. The fraction of sp³-hybridized carbons (Fsp3) is 0.222. The molecule has 0 N–H and O–H groups in total. The van der Waals surface area contributed by atoms with E-state index in [0.717, 1.165) is 18.6 Å². The van der Waals surface area contributed by atoms with E-state index in [2.05, 4.69) is 42.5 Å². The first-order chi connectivity index (χ1) is 9.82. The quantitative estimate of drug-likeness (QED) is 0.830. The van der Waals surface area contributed by atoms with Gasteiger partial charge in [0.15, 0.2) is 0 Å². The maximum absolute atomic E-state index is 5.98. The van der Waals surface area contributed by atoms with Gasteiger partial charge in [-0.3, -0.25) is 0 Å². The Kier molecular flexibility index (Phi) is 3.46. The predicted octanol–water partition coefficient (Wildman–Crippen LogP) is 4.07. The van der Waals surface area contributed by atoms with Gasteiger partial charge in [0.1, 0.15) is 11.4 Å². The molecule has 0 aromatic heterocycles. The molecule has 2 aromatic carbocycles. The summed E-state index contributed by atoms with van der Waals surface area (Å²) in [6.07, 6.45) is 5.67. The molecule has 3 rings (SSSR count). The van der Waals surface area contributed by atoms with E-state index in [1.165, 1.54) is 11.1 Å². The van der Waals surface area contributed by atoms with Crippen LogP contribution in [0, 0.1) is 0 Å². The van der Waals surface area contributed by atoms with E-state index in [9.17, 15) is 0 Å². The lowest BCUT2D eigenvalue weighted by Crippen LogP contribution is -2.27. The lowest BCUT2D eigenvalue weighted by Gasteiger charge is -2.29. The standard InChI is InChI=1S/C18H18O2/c1-19-17-10-8-16(9-11-17)18(12-5-13-20-18)14-15-6-3-2-4-7-15/h2-11,13H,12,14H2,1H3/t18-/m0/s1. The van der Waals surface area contributed by atoms with Gasteiger partial charge >= 0.3 is 0 Å². The van der Waals surface area contributed by atoms with E-state index in [0.29, 0.717) is 0 Å². The van der Waals surface area contributed by atoms with Crippen molar-refractivity contribution in [2.75, 3.05) is 7.11 Å². The highest BCUT2D eigenvalue weighted by atomic mass is 16.5. The molecule has 0 spiro atoms. The zero-order valence-corrected chi connectivity index (χ0v) is 11.6. The van der Waals surface area contributed by atoms with Gasteiger partial charge in [-0.25, -0.2) is 0 Å². The number of benzene rings is 2. The van der Waals surface area contributed by atoms with Gasteiger partial charge in [-0.2, -0.15) is 0 Å². The van der Waals surface area contributed by atoms with Crippen LogP contribution in [0.5, 0.6) is 5.75 Å². The minimum absolute atomic E-state index is 0.284. The third-order valence-corrected chi connectivity index (χ3v) is 3.79. The predicted molar refractivity (Wildman–Crippen MR) is 79.7 cm³/mol. The molecule has 2 heteroatoms. The molecule has 0 unspecified atom stereocenters. The van der Waals surface area contributed by atoms with Crippen molar-refractivity contribution in [2.24, 2.45) is 0 Å². The van der Waals surface area contributed by atoms with E-state index >= 15 is 0 Å². The number of ether oxygens (including phenoxy) is 2. The zero-order chi connectivity index (χ0) is 13.8. The average molecular weight is 266 g/mol. The normalized spacial score (nSPS) is 20.6. The smallest absolute Gasteiger partial charge is 0.141 e. The molecular weight excluding hydrogens is 248 g/mol. The number of hydrogen-bond donors (Lipinski definition) is 0. The third kappa shape index (κ3) is 2.42. The van der Waals surface area contributed by atoms with Crippen molar-refractivity contribution >= 4 is 0 Å². The summed E-state index contributed by atoms with van der Waals surface area (Å²) in [5.41, 5.74) is 2.19. The number of hydrogen-bond acceptors (Lipinski definition) is 2. The molecule has 0 amide bonds. The first-order valence-corrected chi connectivity index (χ1v) is 6.84. The van der Waals surface area contributed by atoms with E-state index in [-0.39, 0.29) is 5.60 Å². The van der Waals surface area contributed by atoms with Gasteiger partial charge in [0.2, 0.25) is 0 Å². The molecule has 0 saturated heterocycles. The van der Waals surface area contributed by atoms with Crippen LogP contribution in [0.25, 0.3) is 0 Å². The molecule has 0 saturated carbocycles. The summed E-state index contributed by atoms with van der Waals surface area (Å²) >= 11 is 0. The summed E-state index contributed by atoms with van der Waals surface area (Å²) in [6, 6.07) is 18.6. The summed E-state index contributed by atoms with van der Waals surface area (Å²) in [5.74, 6) is 0.870. The molecule has 1 aliphatic rings. The van der Waals surface area contributed by atoms with Crippen molar-refractivity contribution in [3.8, 4) is 5.75 Å². The van der Waals surface area contributed by atoms with E-state index in [4.69, 9.17) is 9.47 Å². The first kappa shape index (κ1) is 12.8. The van der Waals surface area contributed by atoms with Crippen molar-refractivity contribution in [3.63, 3.8) is 0 Å². The highest BCUT2D eigenvalue weighted by molar-refractivity contribution is 5.34. The molecule has 20 heavy (non-hydrogen) atoms. The summed E-state index contributed by atoms with van der Waals surface area (Å²) in [4.78, 5) is 0. The van der Waals surface area contributed by atoms with Crippen LogP contribution in [0.4, 0.5) is 0 Å². The van der Waals surface area contributed by atoms with Crippen molar-refractivity contribution < 1.29 is 9.47 Å². The molecule has 2 nitrogen and oxygen atoms in total. The van der Waals surface area contributed by atoms with Crippen LogP contribution in [0.2, 0.25) is 0 Å². The van der Waals surface area contributed by atoms with Gasteiger partial charge in [-0.15, -0.1) is 0 Å². The van der Waals surface area contributed by atoms with Crippen LogP contribution in [-0.4, -0.2) is 7.11 Å². The minimum atomic E-state index is -0.284. The fourth-order valence-electron chi connectivity index (χ4n) is 2.69. The summed E-state index contributed by atoms with van der Waals surface area (Å²) in [5, 5.41) is 0. The van der Waals surface area contributed by atoms with Gasteiger partial charge in [-0.05, 0) is 29.3 Å². The zero-order valence-electron chi connectivity index (χ0n) is 11.6. The Hall–Kier alpha value is -2.22. The number of rotatable bonds is 4. The Morgan fingerprint density at radius 2 is 1.80 bits per heavy atom. The Bertz CT molecular complexity index is 577. The van der Waals surface area contributed by atoms with Crippen LogP contribution in [-0.2, 0) is 16.8 Å². The molecule has 1 atom stereocenters. The van der Waals surface area contributed by atoms with E-state index in [1.54, 1.807) is 7.11 Å². The Balaban J connectivity index is 1.91. The highest BCUT2D eigenvalue weighted by Gasteiger charge is 2.35. The lowest BCUT2D eigenvalue weighted by atomic mass is 9.85. The van der Waals surface area contributed by atoms with Crippen LogP contribution >= 0.6 is 0 Å². The lowest BCUT2D eigenvalue weighted by molar-refractivity contribution is 0.0414. The molecule has 102 valence electrons. The first-order valence-electron chi connectivity index (χ1n) is 6.84. The van der Waals surface area contributed by atoms with E-state index < -0.39 is 0 Å². The maximum atomic E-state index is 5.98. The van der Waals surface area contributed by atoms with Gasteiger partial charge < -0.3 is 9.47 Å². The molecule has 0 aliphatic carbocycles. The molecule has 1 heterocycles. The third-order valence-electron chi connectivity index (χ3n) is 3.79. The minimum Gasteiger partial charge on any atom is -0.497 e. The van der Waals surface area contributed by atoms with Crippen molar-refractivity contribution in [2.45, 2.75) is 18.4 Å². The molecule has 0 fully saturated rings. The van der Waals surface area contributed by atoms with Gasteiger partial charge in [-0.1, -0.05) is 42.5 Å². The Morgan fingerprint density at radius 1 is 1.05 bits per heavy atom. The summed E-state index contributed by atoms with van der Waals surface area (Å²) in [7, 11) is 1.68. The molecule has 0 radical (unpaired) electrons. The Morgan fingerprint density at radius 3 is 2.40 bits per heavy atom. The second kappa shape index (κ2) is 5.41. The second-order valence-electron chi connectivity index (χ2n) is 5.08. The molecule has 0 bridgehead atoms. The second-order valence-corrected chi connectivity index (χ2v) is 5.08. The topological polar surface area (TPSA) is 18.5 Å². The average Bonchev–Trinajstić information content (AvgIpc) is 2.98. The highest BCUT2D eigenvalue weighted by Crippen LogP contribution is 2.38.